The van der Waals surface area contributed by atoms with Crippen LogP contribution in [0.25, 0.3) is 0 Å². The molecule has 0 saturated carbocycles. The van der Waals surface area contributed by atoms with Gasteiger partial charge in [0.1, 0.15) is 5.75 Å². The fourth-order valence-electron chi connectivity index (χ4n) is 2.46. The summed E-state index contributed by atoms with van der Waals surface area (Å²) in [4.78, 5) is 25.7. The highest BCUT2D eigenvalue weighted by molar-refractivity contribution is 6.00. The molecule has 6 heteroatoms. The van der Waals surface area contributed by atoms with Gasteiger partial charge >= 0.3 is 0 Å². The molecule has 0 unspecified atom stereocenters. The Balaban J connectivity index is 1.78. The maximum atomic E-state index is 12.0. The average Bonchev–Trinajstić information content (AvgIpc) is 3.08. The van der Waals surface area contributed by atoms with Gasteiger partial charge in [-0.2, -0.15) is 5.10 Å². The maximum Gasteiger partial charge on any atom is 0.244 e. The molecule has 0 atom stereocenters. The number of nitrogens with zero attached hydrogens (tertiary/aromatic N) is 2. The summed E-state index contributed by atoms with van der Waals surface area (Å²) in [7, 11) is 1.60. The van der Waals surface area contributed by atoms with Crippen LogP contribution in [0.2, 0.25) is 0 Å². The molecule has 6 nitrogen and oxygen atoms in total. The molecule has 1 N–H and O–H groups in total. The summed E-state index contributed by atoms with van der Waals surface area (Å²) in [5.41, 5.74) is 4.00. The standard InChI is InChI=1S/C17H23N3O3/c1-13(11-17(22)20-9-3-4-10-20)18-19-16(21)12-14-5-7-15(23-2)8-6-14/h5-8H,3-4,9-12H2,1-2H3,(H,19,21)/b18-13+. The van der Waals surface area contributed by atoms with Crippen molar-refractivity contribution in [1.82, 2.24) is 10.3 Å². The Kier molecular flexibility index (Phi) is 6.14. The molecule has 1 aromatic carbocycles. The van der Waals surface area contributed by atoms with Crippen LogP contribution in [-0.4, -0.2) is 42.6 Å². The Labute approximate surface area is 136 Å². The van der Waals surface area contributed by atoms with Crippen molar-refractivity contribution in [2.24, 2.45) is 5.10 Å². The second-order valence-electron chi connectivity index (χ2n) is 5.67. The number of rotatable bonds is 6. The molecule has 2 amide bonds. The number of nitrogens with one attached hydrogen (secondary N) is 1. The molecule has 0 bridgehead atoms. The lowest BCUT2D eigenvalue weighted by molar-refractivity contribution is -0.128. The van der Waals surface area contributed by atoms with Crippen LogP contribution < -0.4 is 10.2 Å². The molecule has 0 aliphatic carbocycles. The van der Waals surface area contributed by atoms with Crippen LogP contribution in [0, 0.1) is 0 Å². The van der Waals surface area contributed by atoms with E-state index in [2.05, 4.69) is 10.5 Å². The van der Waals surface area contributed by atoms with Crippen molar-refractivity contribution in [3.63, 3.8) is 0 Å². The highest BCUT2D eigenvalue weighted by Crippen LogP contribution is 2.11. The maximum absolute atomic E-state index is 12.0. The first-order chi connectivity index (χ1) is 11.1. The van der Waals surface area contributed by atoms with Crippen molar-refractivity contribution < 1.29 is 14.3 Å². The van der Waals surface area contributed by atoms with Crippen LogP contribution in [0.5, 0.6) is 5.75 Å². The lowest BCUT2D eigenvalue weighted by Crippen LogP contribution is -2.29. The van der Waals surface area contributed by atoms with Gasteiger partial charge < -0.3 is 9.64 Å². The predicted octanol–water partition coefficient (Wildman–Crippen LogP) is 1.74. The van der Waals surface area contributed by atoms with Gasteiger partial charge in [0.05, 0.1) is 20.0 Å². The van der Waals surface area contributed by atoms with E-state index < -0.39 is 0 Å². The Morgan fingerprint density at radius 2 is 1.87 bits per heavy atom. The smallest absolute Gasteiger partial charge is 0.244 e. The first-order valence-corrected chi connectivity index (χ1v) is 7.81. The molecule has 124 valence electrons. The quantitative estimate of drug-likeness (QED) is 0.642. The number of ether oxygens (including phenoxy) is 1. The van der Waals surface area contributed by atoms with Crippen LogP contribution in [0.4, 0.5) is 0 Å². The van der Waals surface area contributed by atoms with Gasteiger partial charge in [0.25, 0.3) is 0 Å². The molecule has 23 heavy (non-hydrogen) atoms. The van der Waals surface area contributed by atoms with Gasteiger partial charge in [-0.3, -0.25) is 9.59 Å². The van der Waals surface area contributed by atoms with Crippen LogP contribution in [0.1, 0.15) is 31.7 Å². The zero-order valence-electron chi connectivity index (χ0n) is 13.7. The van der Waals surface area contributed by atoms with Gasteiger partial charge in [-0.15, -0.1) is 0 Å². The first-order valence-electron chi connectivity index (χ1n) is 7.81. The fraction of sp³-hybridized carbons (Fsp3) is 0.471. The zero-order valence-corrected chi connectivity index (χ0v) is 13.7. The fourth-order valence-corrected chi connectivity index (χ4v) is 2.46. The lowest BCUT2D eigenvalue weighted by atomic mass is 10.1. The third-order valence-electron chi connectivity index (χ3n) is 3.76. The molecule has 0 aromatic heterocycles. The Morgan fingerprint density at radius 1 is 1.22 bits per heavy atom. The second kappa shape index (κ2) is 8.31. The van der Waals surface area contributed by atoms with Crippen LogP contribution in [-0.2, 0) is 16.0 Å². The molecule has 0 spiro atoms. The number of carbonyl (C=O) groups is 2. The van der Waals surface area contributed by atoms with Crippen molar-refractivity contribution in [1.29, 1.82) is 0 Å². The van der Waals surface area contributed by atoms with E-state index in [0.717, 1.165) is 37.2 Å². The van der Waals surface area contributed by atoms with Gasteiger partial charge in [-0.25, -0.2) is 5.43 Å². The van der Waals surface area contributed by atoms with E-state index in [0.29, 0.717) is 5.71 Å². The number of hydrazone groups is 1. The lowest BCUT2D eigenvalue weighted by Gasteiger charge is -2.14. The summed E-state index contributed by atoms with van der Waals surface area (Å²) in [6.45, 7) is 3.41. The predicted molar refractivity (Wildman–Crippen MR) is 88.4 cm³/mol. The van der Waals surface area contributed by atoms with Gasteiger partial charge in [-0.1, -0.05) is 12.1 Å². The minimum absolute atomic E-state index is 0.0770. The first kappa shape index (κ1) is 17.0. The largest absolute Gasteiger partial charge is 0.497 e. The summed E-state index contributed by atoms with van der Waals surface area (Å²) in [6.07, 6.45) is 2.63. The number of hydrogen-bond donors (Lipinski definition) is 1. The minimum atomic E-state index is -0.205. The minimum Gasteiger partial charge on any atom is -0.497 e. The molecule has 0 radical (unpaired) electrons. The molecule has 1 aromatic rings. The third kappa shape index (κ3) is 5.39. The highest BCUT2D eigenvalue weighted by atomic mass is 16.5. The summed E-state index contributed by atoms with van der Waals surface area (Å²) in [5.74, 6) is 0.625. The van der Waals surface area contributed by atoms with Crippen molar-refractivity contribution in [3.8, 4) is 5.75 Å². The van der Waals surface area contributed by atoms with Gasteiger partial charge in [-0.05, 0) is 37.5 Å². The van der Waals surface area contributed by atoms with Crippen LogP contribution in [0.3, 0.4) is 0 Å². The zero-order chi connectivity index (χ0) is 16.7. The number of carbonyl (C=O) groups excluding carboxylic acids is 2. The van der Waals surface area contributed by atoms with Crippen LogP contribution >= 0.6 is 0 Å². The summed E-state index contributed by atoms with van der Waals surface area (Å²) >= 11 is 0. The normalized spacial score (nSPS) is 14.7. The summed E-state index contributed by atoms with van der Waals surface area (Å²) in [6, 6.07) is 7.30. The molecule has 2 rings (SSSR count). The molecule has 1 aliphatic rings. The molecule has 1 saturated heterocycles. The third-order valence-corrected chi connectivity index (χ3v) is 3.76. The molecule has 1 fully saturated rings. The van der Waals surface area contributed by atoms with E-state index in [9.17, 15) is 9.59 Å². The van der Waals surface area contributed by atoms with E-state index in [4.69, 9.17) is 4.74 Å². The second-order valence-corrected chi connectivity index (χ2v) is 5.67. The summed E-state index contributed by atoms with van der Waals surface area (Å²) in [5, 5.41) is 4.01. The number of hydrogen-bond acceptors (Lipinski definition) is 4. The number of likely N-dealkylation sites (tertiary alicyclic amines) is 1. The van der Waals surface area contributed by atoms with Gasteiger partial charge in [0, 0.05) is 18.8 Å². The number of methoxy groups -OCH3 is 1. The van der Waals surface area contributed by atoms with E-state index in [-0.39, 0.29) is 24.7 Å². The van der Waals surface area contributed by atoms with Crippen LogP contribution in [0.15, 0.2) is 29.4 Å². The highest BCUT2D eigenvalue weighted by Gasteiger charge is 2.18. The van der Waals surface area contributed by atoms with E-state index >= 15 is 0 Å². The molecular weight excluding hydrogens is 294 g/mol. The van der Waals surface area contributed by atoms with Gasteiger partial charge in [0.2, 0.25) is 11.8 Å². The van der Waals surface area contributed by atoms with E-state index in [1.54, 1.807) is 14.0 Å². The molecular formula is C17H23N3O3. The number of amides is 2. The summed E-state index contributed by atoms with van der Waals surface area (Å²) < 4.78 is 5.07. The average molecular weight is 317 g/mol. The SMILES string of the molecule is COc1ccc(CC(=O)N/N=C(\C)CC(=O)N2CCCC2)cc1. The Morgan fingerprint density at radius 3 is 2.48 bits per heavy atom. The molecule has 1 heterocycles. The van der Waals surface area contributed by atoms with Gasteiger partial charge in [0.15, 0.2) is 0 Å². The van der Waals surface area contributed by atoms with Crippen molar-refractivity contribution in [2.45, 2.75) is 32.6 Å². The molecule has 1 aliphatic heterocycles. The monoisotopic (exact) mass is 317 g/mol. The topological polar surface area (TPSA) is 71.0 Å². The van der Waals surface area contributed by atoms with E-state index in [1.165, 1.54) is 0 Å². The van der Waals surface area contributed by atoms with Crippen molar-refractivity contribution in [3.05, 3.63) is 29.8 Å². The van der Waals surface area contributed by atoms with Crippen molar-refractivity contribution >= 4 is 17.5 Å². The number of benzene rings is 1. The Bertz CT molecular complexity index is 575. The van der Waals surface area contributed by atoms with Crippen molar-refractivity contribution in [2.75, 3.05) is 20.2 Å². The Hall–Kier alpha value is -2.37. The van der Waals surface area contributed by atoms with E-state index in [1.807, 2.05) is 29.2 Å².